The number of fused-ring (bicyclic) bond motifs is 1. The Balaban J connectivity index is 0.00000117. The molecule has 5 nitrogen and oxygen atoms in total. The number of rotatable bonds is 3. The third kappa shape index (κ3) is 4.66. The molecule has 0 atom stereocenters. The van der Waals surface area contributed by atoms with Gasteiger partial charge in [-0.25, -0.2) is 9.37 Å². The van der Waals surface area contributed by atoms with Crippen LogP contribution in [0.1, 0.15) is 24.2 Å². The van der Waals surface area contributed by atoms with Crippen molar-refractivity contribution < 1.29 is 18.7 Å². The average molecular weight is 415 g/mol. The maximum atomic E-state index is 13.7. The van der Waals surface area contributed by atoms with Crippen LogP contribution in [0, 0.1) is 5.82 Å². The van der Waals surface area contributed by atoms with Gasteiger partial charge in [-0.1, -0.05) is 37.6 Å². The van der Waals surface area contributed by atoms with Crippen molar-refractivity contribution in [2.24, 2.45) is 0 Å². The molecule has 2 heterocycles. The molecule has 1 amide bonds. The first-order chi connectivity index (χ1) is 14.1. The van der Waals surface area contributed by atoms with Gasteiger partial charge in [0.2, 0.25) is 0 Å². The molecule has 0 saturated heterocycles. The summed E-state index contributed by atoms with van der Waals surface area (Å²) in [6.45, 7) is 4.97. The van der Waals surface area contributed by atoms with E-state index in [9.17, 15) is 9.18 Å². The van der Waals surface area contributed by atoms with Crippen molar-refractivity contribution in [1.29, 1.82) is 0 Å². The number of amides is 1. The van der Waals surface area contributed by atoms with E-state index in [0.29, 0.717) is 35.6 Å². The molecular formula is C22H20ClFN2O3. The zero-order valence-corrected chi connectivity index (χ0v) is 16.8. The molecule has 2 aromatic carbocycles. The van der Waals surface area contributed by atoms with Gasteiger partial charge in [0.05, 0.1) is 10.6 Å². The van der Waals surface area contributed by atoms with E-state index in [0.717, 1.165) is 11.1 Å². The van der Waals surface area contributed by atoms with Gasteiger partial charge in [0.25, 0.3) is 5.91 Å². The number of halogens is 2. The number of anilines is 1. The van der Waals surface area contributed by atoms with Crippen LogP contribution >= 0.6 is 11.6 Å². The predicted molar refractivity (Wildman–Crippen MR) is 111 cm³/mol. The Hall–Kier alpha value is -3.12. The van der Waals surface area contributed by atoms with Crippen molar-refractivity contribution in [2.75, 3.05) is 18.5 Å². The minimum Gasteiger partial charge on any atom is -0.486 e. The molecule has 1 N–H and O–H groups in total. The van der Waals surface area contributed by atoms with Gasteiger partial charge in [-0.05, 0) is 30.3 Å². The van der Waals surface area contributed by atoms with Gasteiger partial charge in [0.15, 0.2) is 11.5 Å². The quantitative estimate of drug-likeness (QED) is 0.606. The van der Waals surface area contributed by atoms with Crippen LogP contribution < -0.4 is 14.8 Å². The molecular weight excluding hydrogens is 395 g/mol. The van der Waals surface area contributed by atoms with E-state index in [2.05, 4.69) is 10.3 Å². The normalized spacial score (nSPS) is 11.9. The maximum Gasteiger partial charge on any atom is 0.259 e. The molecule has 0 fully saturated rings. The van der Waals surface area contributed by atoms with Gasteiger partial charge >= 0.3 is 0 Å². The highest BCUT2D eigenvalue weighted by molar-refractivity contribution is 6.33. The summed E-state index contributed by atoms with van der Waals surface area (Å²) in [5, 5.41) is 3.08. The van der Waals surface area contributed by atoms with Crippen LogP contribution in [-0.2, 0) is 0 Å². The number of hydrogen-bond donors (Lipinski definition) is 1. The SMILES string of the molecule is CC.O=C(Nc1ccc(-c2cc3c(cc2Cl)OCCO3)cn1)c1ccccc1F. The number of benzene rings is 2. The zero-order valence-electron chi connectivity index (χ0n) is 16.0. The number of ether oxygens (including phenoxy) is 2. The fourth-order valence-electron chi connectivity index (χ4n) is 2.74. The van der Waals surface area contributed by atoms with Crippen molar-refractivity contribution in [3.63, 3.8) is 0 Å². The van der Waals surface area contributed by atoms with Gasteiger partial charge in [-0.15, -0.1) is 0 Å². The first-order valence-electron chi connectivity index (χ1n) is 9.23. The summed E-state index contributed by atoms with van der Waals surface area (Å²) in [4.78, 5) is 16.4. The van der Waals surface area contributed by atoms with Crippen LogP contribution in [-0.4, -0.2) is 24.1 Å². The summed E-state index contributed by atoms with van der Waals surface area (Å²) in [5.41, 5.74) is 1.44. The summed E-state index contributed by atoms with van der Waals surface area (Å²) in [7, 11) is 0. The highest BCUT2D eigenvalue weighted by atomic mass is 35.5. The number of nitrogens with zero attached hydrogens (tertiary/aromatic N) is 1. The molecule has 7 heteroatoms. The molecule has 0 unspecified atom stereocenters. The second-order valence-electron chi connectivity index (χ2n) is 5.84. The largest absolute Gasteiger partial charge is 0.486 e. The van der Waals surface area contributed by atoms with E-state index in [1.165, 1.54) is 18.2 Å². The molecule has 0 aliphatic carbocycles. The Morgan fingerprint density at radius 1 is 1.07 bits per heavy atom. The topological polar surface area (TPSA) is 60.5 Å². The molecule has 4 rings (SSSR count). The summed E-state index contributed by atoms with van der Waals surface area (Å²) < 4.78 is 24.8. The fraction of sp³-hybridized carbons (Fsp3) is 0.182. The van der Waals surface area contributed by atoms with Gasteiger partial charge in [-0.2, -0.15) is 0 Å². The molecule has 0 radical (unpaired) electrons. The van der Waals surface area contributed by atoms with Crippen molar-refractivity contribution in [3.8, 4) is 22.6 Å². The maximum absolute atomic E-state index is 13.7. The second-order valence-corrected chi connectivity index (χ2v) is 6.25. The third-order valence-corrected chi connectivity index (χ3v) is 4.38. The lowest BCUT2D eigenvalue weighted by Gasteiger charge is -2.19. The molecule has 3 aromatic rings. The number of pyridine rings is 1. The van der Waals surface area contributed by atoms with Gasteiger partial charge in [0.1, 0.15) is 24.8 Å². The lowest BCUT2D eigenvalue weighted by Crippen LogP contribution is -2.15. The molecule has 0 bridgehead atoms. The third-order valence-electron chi connectivity index (χ3n) is 4.07. The number of aromatic nitrogens is 1. The highest BCUT2D eigenvalue weighted by Crippen LogP contribution is 2.39. The van der Waals surface area contributed by atoms with Crippen LogP contribution in [0.15, 0.2) is 54.7 Å². The van der Waals surface area contributed by atoms with Crippen LogP contribution in [0.2, 0.25) is 5.02 Å². The number of hydrogen-bond acceptors (Lipinski definition) is 4. The van der Waals surface area contributed by atoms with Gasteiger partial charge in [0, 0.05) is 23.4 Å². The smallest absolute Gasteiger partial charge is 0.259 e. The van der Waals surface area contributed by atoms with Gasteiger partial charge < -0.3 is 14.8 Å². The molecule has 1 aliphatic rings. The van der Waals surface area contributed by atoms with E-state index < -0.39 is 11.7 Å². The van der Waals surface area contributed by atoms with Crippen molar-refractivity contribution in [3.05, 3.63) is 71.1 Å². The molecule has 29 heavy (non-hydrogen) atoms. The Morgan fingerprint density at radius 3 is 2.41 bits per heavy atom. The van der Waals surface area contributed by atoms with Crippen molar-refractivity contribution >= 4 is 23.3 Å². The monoisotopic (exact) mass is 414 g/mol. The Morgan fingerprint density at radius 2 is 1.76 bits per heavy atom. The fourth-order valence-corrected chi connectivity index (χ4v) is 3.00. The predicted octanol–water partition coefficient (Wildman–Crippen LogP) is 5.59. The molecule has 0 spiro atoms. The summed E-state index contributed by atoms with van der Waals surface area (Å²) in [6, 6.07) is 12.7. The van der Waals surface area contributed by atoms with E-state index >= 15 is 0 Å². The molecule has 150 valence electrons. The lowest BCUT2D eigenvalue weighted by atomic mass is 10.1. The van der Waals surface area contributed by atoms with E-state index in [1.54, 1.807) is 36.5 Å². The van der Waals surface area contributed by atoms with E-state index in [-0.39, 0.29) is 5.56 Å². The first kappa shape index (κ1) is 20.6. The number of carbonyl (C=O) groups excluding carboxylic acids is 1. The number of carbonyl (C=O) groups is 1. The summed E-state index contributed by atoms with van der Waals surface area (Å²) in [6.07, 6.45) is 1.58. The van der Waals surface area contributed by atoms with Gasteiger partial charge in [-0.3, -0.25) is 4.79 Å². The highest BCUT2D eigenvalue weighted by Gasteiger charge is 2.17. The average Bonchev–Trinajstić information content (AvgIpc) is 2.75. The molecule has 1 aliphatic heterocycles. The van der Waals surface area contributed by atoms with E-state index in [1.807, 2.05) is 13.8 Å². The summed E-state index contributed by atoms with van der Waals surface area (Å²) in [5.74, 6) is 0.385. The van der Waals surface area contributed by atoms with Crippen LogP contribution in [0.5, 0.6) is 11.5 Å². The second kappa shape index (κ2) is 9.39. The molecule has 0 saturated carbocycles. The van der Waals surface area contributed by atoms with Crippen molar-refractivity contribution in [2.45, 2.75) is 13.8 Å². The minimum atomic E-state index is -0.588. The van der Waals surface area contributed by atoms with Crippen LogP contribution in [0.3, 0.4) is 0 Å². The first-order valence-corrected chi connectivity index (χ1v) is 9.61. The molecule has 1 aromatic heterocycles. The zero-order chi connectivity index (χ0) is 20.8. The van der Waals surface area contributed by atoms with Crippen LogP contribution in [0.25, 0.3) is 11.1 Å². The van der Waals surface area contributed by atoms with E-state index in [4.69, 9.17) is 21.1 Å². The standard InChI is InChI=1S/C20H14ClFN2O3.C2H6/c21-15-10-18-17(26-7-8-27-18)9-14(15)12-5-6-19(23-11-12)24-20(25)13-3-1-2-4-16(13)22;1-2/h1-6,9-11H,7-8H2,(H,23,24,25);1-2H3. The number of nitrogens with one attached hydrogen (secondary N) is 1. The Bertz CT molecular complexity index is 1010. The Kier molecular flexibility index (Phi) is 6.67. The minimum absolute atomic E-state index is 0.0433. The summed E-state index contributed by atoms with van der Waals surface area (Å²) >= 11 is 6.34. The lowest BCUT2D eigenvalue weighted by molar-refractivity contribution is 0.102. The Labute approximate surface area is 173 Å². The van der Waals surface area contributed by atoms with Crippen LogP contribution in [0.4, 0.5) is 10.2 Å². The van der Waals surface area contributed by atoms with Crippen molar-refractivity contribution in [1.82, 2.24) is 4.98 Å².